The molecule has 0 radical (unpaired) electrons. The molecule has 0 unspecified atom stereocenters. The van der Waals surface area contributed by atoms with Crippen molar-refractivity contribution in [3.8, 4) is 22.6 Å². The molecule has 0 heterocycles. The van der Waals surface area contributed by atoms with Crippen LogP contribution in [0.5, 0.6) is 11.5 Å². The van der Waals surface area contributed by atoms with E-state index < -0.39 is 5.41 Å². The zero-order chi connectivity index (χ0) is 24.1. The van der Waals surface area contributed by atoms with Gasteiger partial charge in [-0.3, -0.25) is 0 Å². The van der Waals surface area contributed by atoms with Crippen LogP contribution in [0.2, 0.25) is 0 Å². The fourth-order valence-electron chi connectivity index (χ4n) is 5.14. The zero-order valence-corrected chi connectivity index (χ0v) is 19.7. The van der Waals surface area contributed by atoms with Crippen molar-refractivity contribution in [1.82, 2.24) is 0 Å². The molecule has 4 aromatic carbocycles. The van der Waals surface area contributed by atoms with Gasteiger partial charge in [0.05, 0.1) is 18.6 Å². The number of aliphatic hydroxyl groups is 2. The lowest BCUT2D eigenvalue weighted by molar-refractivity contribution is 0.233. The van der Waals surface area contributed by atoms with E-state index in [1.807, 2.05) is 24.3 Å². The minimum absolute atomic E-state index is 0.120. The van der Waals surface area contributed by atoms with E-state index in [1.165, 1.54) is 33.4 Å². The molecular weight excluding hydrogens is 436 g/mol. The smallest absolute Gasteiger partial charge is 0.119 e. The van der Waals surface area contributed by atoms with E-state index in [4.69, 9.17) is 19.7 Å². The topological polar surface area (TPSA) is 58.9 Å². The first-order valence-electron chi connectivity index (χ1n) is 12.2. The van der Waals surface area contributed by atoms with E-state index in [9.17, 15) is 0 Å². The summed E-state index contributed by atoms with van der Waals surface area (Å²) < 4.78 is 11.6. The SMILES string of the molecule is OCCCOc1ccc(C2(c3ccc(OCCCO)cc3)c3ccccc3-c3ccccc32)cc1. The van der Waals surface area contributed by atoms with Gasteiger partial charge in [-0.25, -0.2) is 0 Å². The van der Waals surface area contributed by atoms with Gasteiger partial charge in [-0.2, -0.15) is 0 Å². The lowest BCUT2D eigenvalue weighted by Crippen LogP contribution is -2.28. The monoisotopic (exact) mass is 466 g/mol. The van der Waals surface area contributed by atoms with Crippen molar-refractivity contribution in [2.45, 2.75) is 18.3 Å². The van der Waals surface area contributed by atoms with Crippen molar-refractivity contribution in [2.24, 2.45) is 0 Å². The molecule has 4 heteroatoms. The van der Waals surface area contributed by atoms with E-state index in [-0.39, 0.29) is 13.2 Å². The lowest BCUT2D eigenvalue weighted by atomic mass is 9.68. The summed E-state index contributed by atoms with van der Waals surface area (Å²) in [6, 6.07) is 34.0. The third kappa shape index (κ3) is 4.20. The summed E-state index contributed by atoms with van der Waals surface area (Å²) in [4.78, 5) is 0. The Bertz CT molecular complexity index is 1160. The highest BCUT2D eigenvalue weighted by Gasteiger charge is 2.45. The Morgan fingerprint density at radius 1 is 0.514 bits per heavy atom. The Kier molecular flexibility index (Phi) is 6.84. The number of hydrogen-bond acceptors (Lipinski definition) is 4. The predicted molar refractivity (Wildman–Crippen MR) is 138 cm³/mol. The molecular formula is C31H30O4. The minimum Gasteiger partial charge on any atom is -0.494 e. The van der Waals surface area contributed by atoms with Crippen LogP contribution in [0.4, 0.5) is 0 Å². The van der Waals surface area contributed by atoms with Crippen LogP contribution >= 0.6 is 0 Å². The molecule has 1 aliphatic rings. The number of rotatable bonds is 10. The van der Waals surface area contributed by atoms with Crippen LogP contribution < -0.4 is 9.47 Å². The van der Waals surface area contributed by atoms with E-state index in [1.54, 1.807) is 0 Å². The Morgan fingerprint density at radius 3 is 1.31 bits per heavy atom. The zero-order valence-electron chi connectivity index (χ0n) is 19.7. The van der Waals surface area contributed by atoms with Crippen LogP contribution in [-0.2, 0) is 5.41 Å². The quantitative estimate of drug-likeness (QED) is 0.264. The Hall–Kier alpha value is -3.60. The van der Waals surface area contributed by atoms with Gasteiger partial charge in [-0.15, -0.1) is 0 Å². The summed E-state index contributed by atoms with van der Waals surface area (Å²) in [5, 5.41) is 18.1. The van der Waals surface area contributed by atoms with Crippen LogP contribution in [0.25, 0.3) is 11.1 Å². The number of fused-ring (bicyclic) bond motifs is 3. The third-order valence-electron chi connectivity index (χ3n) is 6.67. The van der Waals surface area contributed by atoms with Crippen LogP contribution in [0.1, 0.15) is 35.1 Å². The summed E-state index contributed by atoms with van der Waals surface area (Å²) in [6.45, 7) is 1.22. The third-order valence-corrected chi connectivity index (χ3v) is 6.67. The minimum atomic E-state index is -0.472. The number of hydrogen-bond donors (Lipinski definition) is 2. The molecule has 0 spiro atoms. The lowest BCUT2D eigenvalue weighted by Gasteiger charge is -2.34. The maximum absolute atomic E-state index is 9.06. The normalized spacial score (nSPS) is 13.2. The second-order valence-corrected chi connectivity index (χ2v) is 8.74. The van der Waals surface area contributed by atoms with Crippen LogP contribution in [0.3, 0.4) is 0 Å². The maximum atomic E-state index is 9.06. The van der Waals surface area contributed by atoms with Gasteiger partial charge in [0.2, 0.25) is 0 Å². The average Bonchev–Trinajstić information content (AvgIpc) is 3.21. The average molecular weight is 467 g/mol. The van der Waals surface area contributed by atoms with E-state index in [0.717, 1.165) is 11.5 Å². The molecule has 35 heavy (non-hydrogen) atoms. The first-order valence-corrected chi connectivity index (χ1v) is 12.2. The maximum Gasteiger partial charge on any atom is 0.119 e. The van der Waals surface area contributed by atoms with Crippen LogP contribution in [0, 0.1) is 0 Å². The highest BCUT2D eigenvalue weighted by Crippen LogP contribution is 2.56. The van der Waals surface area contributed by atoms with E-state index >= 15 is 0 Å². The summed E-state index contributed by atoms with van der Waals surface area (Å²) in [5.41, 5.74) is 6.86. The highest BCUT2D eigenvalue weighted by molar-refractivity contribution is 5.86. The number of ether oxygens (including phenoxy) is 2. The fourth-order valence-corrected chi connectivity index (χ4v) is 5.14. The molecule has 2 N–H and O–H groups in total. The molecule has 0 saturated heterocycles. The van der Waals surface area contributed by atoms with Crippen molar-refractivity contribution < 1.29 is 19.7 Å². The van der Waals surface area contributed by atoms with Gasteiger partial charge < -0.3 is 19.7 Å². The van der Waals surface area contributed by atoms with Gasteiger partial charge in [0.1, 0.15) is 11.5 Å². The standard InChI is InChI=1S/C31H30O4/c32-19-5-21-34-25-15-11-23(12-16-25)31(24-13-17-26(18-14-24)35-22-6-20-33)29-9-3-1-7-27(29)28-8-2-4-10-30(28)31/h1-4,7-18,32-33H,5-6,19-22H2. The summed E-state index contributed by atoms with van der Waals surface area (Å²) in [5.74, 6) is 1.59. The predicted octanol–water partition coefficient (Wildman–Crippen LogP) is 5.57. The number of aliphatic hydroxyl groups excluding tert-OH is 2. The molecule has 5 rings (SSSR count). The molecule has 0 amide bonds. The molecule has 0 bridgehead atoms. The molecule has 0 saturated carbocycles. The van der Waals surface area contributed by atoms with Gasteiger partial charge in [-0.1, -0.05) is 72.8 Å². The summed E-state index contributed by atoms with van der Waals surface area (Å²) in [6.07, 6.45) is 1.22. The largest absolute Gasteiger partial charge is 0.494 e. The highest BCUT2D eigenvalue weighted by atomic mass is 16.5. The van der Waals surface area contributed by atoms with Crippen LogP contribution in [-0.4, -0.2) is 36.6 Å². The van der Waals surface area contributed by atoms with Crippen molar-refractivity contribution in [3.63, 3.8) is 0 Å². The molecule has 4 nitrogen and oxygen atoms in total. The molecule has 0 fully saturated rings. The number of benzene rings is 4. The Labute approximate surface area is 206 Å². The van der Waals surface area contributed by atoms with Gasteiger partial charge in [0, 0.05) is 26.1 Å². The van der Waals surface area contributed by atoms with Crippen molar-refractivity contribution in [1.29, 1.82) is 0 Å². The van der Waals surface area contributed by atoms with Crippen LogP contribution in [0.15, 0.2) is 97.1 Å². The van der Waals surface area contributed by atoms with E-state index in [0.29, 0.717) is 26.1 Å². The van der Waals surface area contributed by atoms with Gasteiger partial charge in [-0.05, 0) is 57.6 Å². The van der Waals surface area contributed by atoms with Gasteiger partial charge in [0.25, 0.3) is 0 Å². The second-order valence-electron chi connectivity index (χ2n) is 8.74. The van der Waals surface area contributed by atoms with Crippen molar-refractivity contribution >= 4 is 0 Å². The van der Waals surface area contributed by atoms with Gasteiger partial charge >= 0.3 is 0 Å². The van der Waals surface area contributed by atoms with E-state index in [2.05, 4.69) is 72.8 Å². The Balaban J connectivity index is 1.64. The summed E-state index contributed by atoms with van der Waals surface area (Å²) >= 11 is 0. The molecule has 0 atom stereocenters. The fraction of sp³-hybridized carbons (Fsp3) is 0.226. The molecule has 178 valence electrons. The molecule has 4 aromatic rings. The first-order chi connectivity index (χ1) is 17.3. The molecule has 0 aromatic heterocycles. The molecule has 0 aliphatic heterocycles. The molecule has 1 aliphatic carbocycles. The second kappa shape index (κ2) is 10.3. The van der Waals surface area contributed by atoms with Crippen molar-refractivity contribution in [2.75, 3.05) is 26.4 Å². The Morgan fingerprint density at radius 2 is 0.914 bits per heavy atom. The summed E-state index contributed by atoms with van der Waals surface area (Å²) in [7, 11) is 0. The van der Waals surface area contributed by atoms with Gasteiger partial charge in [0.15, 0.2) is 0 Å². The van der Waals surface area contributed by atoms with Crippen molar-refractivity contribution in [3.05, 3.63) is 119 Å². The first kappa shape index (κ1) is 23.2.